The molecule has 1 aromatic carbocycles. The summed E-state index contributed by atoms with van der Waals surface area (Å²) < 4.78 is 17.7. The minimum absolute atomic E-state index is 0.0306. The largest absolute Gasteiger partial charge is 0.452 e. The zero-order chi connectivity index (χ0) is 19.1. The molecule has 0 unspecified atom stereocenters. The Morgan fingerprint density at radius 3 is 2.58 bits per heavy atom. The highest BCUT2D eigenvalue weighted by atomic mass is 35.5. The molecule has 0 aliphatic rings. The van der Waals surface area contributed by atoms with Crippen LogP contribution in [0.25, 0.3) is 0 Å². The fourth-order valence-electron chi connectivity index (χ4n) is 1.89. The molecule has 0 aliphatic carbocycles. The summed E-state index contributed by atoms with van der Waals surface area (Å²) in [4.78, 5) is 40.5. The molecule has 2 aromatic rings. The van der Waals surface area contributed by atoms with Crippen LogP contribution < -0.4 is 5.32 Å². The van der Waals surface area contributed by atoms with Crippen molar-refractivity contribution in [2.24, 2.45) is 0 Å². The van der Waals surface area contributed by atoms with Crippen molar-refractivity contribution in [3.63, 3.8) is 0 Å². The van der Waals surface area contributed by atoms with Crippen LogP contribution in [0.15, 0.2) is 42.6 Å². The Morgan fingerprint density at radius 1 is 1.23 bits per heavy atom. The predicted octanol–water partition coefficient (Wildman–Crippen LogP) is 2.13. The number of amides is 2. The Hall–Kier alpha value is -3.00. The maximum atomic E-state index is 12.8. The molecule has 9 heteroatoms. The Bertz CT molecular complexity index is 814. The molecule has 26 heavy (non-hydrogen) atoms. The van der Waals surface area contributed by atoms with Gasteiger partial charge >= 0.3 is 5.97 Å². The van der Waals surface area contributed by atoms with E-state index in [1.165, 1.54) is 49.6 Å². The van der Waals surface area contributed by atoms with Gasteiger partial charge in [-0.1, -0.05) is 11.6 Å². The molecule has 2 amide bonds. The maximum absolute atomic E-state index is 12.8. The lowest BCUT2D eigenvalue weighted by Gasteiger charge is -2.16. The minimum atomic E-state index is -0.791. The number of ether oxygens (including phenoxy) is 1. The zero-order valence-corrected chi connectivity index (χ0v) is 14.5. The van der Waals surface area contributed by atoms with Gasteiger partial charge in [-0.25, -0.2) is 14.2 Å². The Balaban J connectivity index is 1.81. The standard InChI is InChI=1S/C17H15ClFN3O4/c1-22(9-14(23)21-12-6-4-11(19)5-7-12)15(24)10-26-17(25)13-3-2-8-20-16(13)18/h2-8H,9-10H2,1H3,(H,21,23). The van der Waals surface area contributed by atoms with Crippen LogP contribution in [0.5, 0.6) is 0 Å². The number of pyridine rings is 1. The van der Waals surface area contributed by atoms with Gasteiger partial charge in [0.2, 0.25) is 5.91 Å². The number of carbonyl (C=O) groups excluding carboxylic acids is 3. The first-order chi connectivity index (χ1) is 12.4. The third-order valence-electron chi connectivity index (χ3n) is 3.24. The van der Waals surface area contributed by atoms with Crippen LogP contribution >= 0.6 is 11.6 Å². The van der Waals surface area contributed by atoms with Crippen LogP contribution in [0.1, 0.15) is 10.4 Å². The highest BCUT2D eigenvalue weighted by Gasteiger charge is 2.17. The molecule has 1 N–H and O–H groups in total. The molecule has 0 aliphatic heterocycles. The molecular formula is C17H15ClFN3O4. The summed E-state index contributed by atoms with van der Waals surface area (Å²) in [5.74, 6) is -2.27. The molecule has 0 saturated carbocycles. The Morgan fingerprint density at radius 2 is 1.92 bits per heavy atom. The van der Waals surface area contributed by atoms with E-state index in [4.69, 9.17) is 16.3 Å². The van der Waals surface area contributed by atoms with E-state index in [0.29, 0.717) is 5.69 Å². The van der Waals surface area contributed by atoms with Gasteiger partial charge in [-0.15, -0.1) is 0 Å². The molecular weight excluding hydrogens is 365 g/mol. The zero-order valence-electron chi connectivity index (χ0n) is 13.7. The summed E-state index contributed by atoms with van der Waals surface area (Å²) >= 11 is 5.77. The number of benzene rings is 1. The quantitative estimate of drug-likeness (QED) is 0.613. The average Bonchev–Trinajstić information content (AvgIpc) is 2.61. The monoisotopic (exact) mass is 379 g/mol. The van der Waals surface area contributed by atoms with Crippen molar-refractivity contribution in [1.29, 1.82) is 0 Å². The SMILES string of the molecule is CN(CC(=O)Nc1ccc(F)cc1)C(=O)COC(=O)c1cccnc1Cl. The van der Waals surface area contributed by atoms with Gasteiger partial charge in [-0.2, -0.15) is 0 Å². The molecule has 0 atom stereocenters. The van der Waals surface area contributed by atoms with Gasteiger partial charge in [0.1, 0.15) is 11.0 Å². The van der Waals surface area contributed by atoms with Crippen molar-refractivity contribution in [3.05, 3.63) is 59.1 Å². The van der Waals surface area contributed by atoms with E-state index in [2.05, 4.69) is 10.3 Å². The molecule has 0 radical (unpaired) electrons. The van der Waals surface area contributed by atoms with Gasteiger partial charge in [0.15, 0.2) is 6.61 Å². The van der Waals surface area contributed by atoms with Crippen LogP contribution in [0.4, 0.5) is 10.1 Å². The smallest absolute Gasteiger partial charge is 0.341 e. The van der Waals surface area contributed by atoms with Crippen LogP contribution in [0, 0.1) is 5.82 Å². The van der Waals surface area contributed by atoms with E-state index in [0.717, 1.165) is 4.90 Å². The molecule has 0 fully saturated rings. The van der Waals surface area contributed by atoms with E-state index < -0.39 is 30.2 Å². The van der Waals surface area contributed by atoms with E-state index in [-0.39, 0.29) is 17.3 Å². The molecule has 2 rings (SSSR count). The second kappa shape index (κ2) is 8.91. The lowest BCUT2D eigenvalue weighted by Crippen LogP contribution is -2.37. The first kappa shape index (κ1) is 19.3. The summed E-state index contributed by atoms with van der Waals surface area (Å²) in [5.41, 5.74) is 0.438. The Kier molecular flexibility index (Phi) is 6.62. The number of halogens is 2. The number of nitrogens with zero attached hydrogens (tertiary/aromatic N) is 2. The van der Waals surface area contributed by atoms with Crippen LogP contribution in [0.2, 0.25) is 5.15 Å². The topological polar surface area (TPSA) is 88.6 Å². The molecule has 0 bridgehead atoms. The fourth-order valence-corrected chi connectivity index (χ4v) is 2.09. The van der Waals surface area contributed by atoms with Gasteiger partial charge in [0, 0.05) is 18.9 Å². The maximum Gasteiger partial charge on any atom is 0.341 e. The number of hydrogen-bond acceptors (Lipinski definition) is 5. The number of esters is 1. The lowest BCUT2D eigenvalue weighted by molar-refractivity contribution is -0.136. The Labute approximate surface area is 153 Å². The van der Waals surface area contributed by atoms with Gasteiger partial charge in [-0.3, -0.25) is 9.59 Å². The molecule has 0 saturated heterocycles. The number of aromatic nitrogens is 1. The minimum Gasteiger partial charge on any atom is -0.452 e. The summed E-state index contributed by atoms with van der Waals surface area (Å²) in [6.45, 7) is -0.814. The average molecular weight is 380 g/mol. The summed E-state index contributed by atoms with van der Waals surface area (Å²) in [5, 5.41) is 2.49. The van der Waals surface area contributed by atoms with Gasteiger partial charge in [0.05, 0.1) is 12.1 Å². The first-order valence-electron chi connectivity index (χ1n) is 7.44. The lowest BCUT2D eigenvalue weighted by atomic mass is 10.3. The summed E-state index contributed by atoms with van der Waals surface area (Å²) in [6, 6.07) is 8.13. The molecule has 7 nitrogen and oxygen atoms in total. The van der Waals surface area contributed by atoms with Crippen LogP contribution in [0.3, 0.4) is 0 Å². The third kappa shape index (κ3) is 5.52. The van der Waals surface area contributed by atoms with E-state index >= 15 is 0 Å². The van der Waals surface area contributed by atoms with Crippen molar-refractivity contribution in [2.75, 3.05) is 25.5 Å². The van der Waals surface area contributed by atoms with Crippen LogP contribution in [-0.2, 0) is 14.3 Å². The molecule has 1 aromatic heterocycles. The highest BCUT2D eigenvalue weighted by Crippen LogP contribution is 2.12. The first-order valence-corrected chi connectivity index (χ1v) is 7.81. The molecule has 1 heterocycles. The second-order valence-corrected chi connectivity index (χ2v) is 5.58. The molecule has 0 spiro atoms. The fraction of sp³-hybridized carbons (Fsp3) is 0.176. The van der Waals surface area contributed by atoms with Gasteiger partial charge in [0.25, 0.3) is 5.91 Å². The third-order valence-corrected chi connectivity index (χ3v) is 3.54. The van der Waals surface area contributed by atoms with Crippen molar-refractivity contribution in [2.45, 2.75) is 0 Å². The van der Waals surface area contributed by atoms with Crippen molar-refractivity contribution >= 4 is 35.1 Å². The van der Waals surface area contributed by atoms with Crippen molar-refractivity contribution in [3.8, 4) is 0 Å². The van der Waals surface area contributed by atoms with Crippen molar-refractivity contribution < 1.29 is 23.5 Å². The molecule has 136 valence electrons. The number of nitrogens with one attached hydrogen (secondary N) is 1. The van der Waals surface area contributed by atoms with E-state index in [9.17, 15) is 18.8 Å². The van der Waals surface area contributed by atoms with Crippen LogP contribution in [-0.4, -0.2) is 47.9 Å². The second-order valence-electron chi connectivity index (χ2n) is 5.22. The van der Waals surface area contributed by atoms with Gasteiger partial charge < -0.3 is 15.0 Å². The number of carbonyl (C=O) groups is 3. The van der Waals surface area contributed by atoms with Crippen molar-refractivity contribution in [1.82, 2.24) is 9.88 Å². The highest BCUT2D eigenvalue weighted by molar-refractivity contribution is 6.32. The van der Waals surface area contributed by atoms with E-state index in [1.54, 1.807) is 0 Å². The number of likely N-dealkylation sites (N-methyl/N-ethyl adjacent to an activating group) is 1. The predicted molar refractivity (Wildman–Crippen MR) is 92.2 cm³/mol. The van der Waals surface area contributed by atoms with Gasteiger partial charge in [-0.05, 0) is 36.4 Å². The number of anilines is 1. The number of rotatable bonds is 6. The van der Waals surface area contributed by atoms with E-state index in [1.807, 2.05) is 0 Å². The normalized spacial score (nSPS) is 10.1. The summed E-state index contributed by atoms with van der Waals surface area (Å²) in [7, 11) is 1.39. The number of hydrogen-bond donors (Lipinski definition) is 1. The summed E-state index contributed by atoms with van der Waals surface area (Å²) in [6.07, 6.45) is 1.41.